The van der Waals surface area contributed by atoms with Crippen molar-refractivity contribution < 1.29 is 0 Å². The molecular weight excluding hydrogens is 224 g/mol. The molecule has 1 atom stereocenters. The third-order valence-corrected chi connectivity index (χ3v) is 2.93. The fraction of sp³-hybridized carbons (Fsp3) is 0.714. The van der Waals surface area contributed by atoms with Gasteiger partial charge in [-0.1, -0.05) is 0 Å². The van der Waals surface area contributed by atoms with Crippen molar-refractivity contribution in [2.24, 2.45) is 0 Å². The maximum Gasteiger partial charge on any atom is 0.104 e. The van der Waals surface area contributed by atoms with E-state index in [4.69, 9.17) is 0 Å². The van der Waals surface area contributed by atoms with Crippen molar-refractivity contribution >= 4 is 0 Å². The summed E-state index contributed by atoms with van der Waals surface area (Å²) in [5.41, 5.74) is 0.784. The molecule has 1 rings (SSSR count). The molecule has 0 amide bonds. The first-order valence-electron chi connectivity index (χ1n) is 6.63. The summed E-state index contributed by atoms with van der Waals surface area (Å²) in [4.78, 5) is 0. The maximum atomic E-state index is 9.22. The molecule has 0 radical (unpaired) electrons. The molecule has 100 valence electrons. The van der Waals surface area contributed by atoms with Crippen LogP contribution in [0.2, 0.25) is 0 Å². The number of aryl methyl sites for hydroxylation is 2. The van der Waals surface area contributed by atoms with E-state index in [1.807, 2.05) is 24.7 Å². The third kappa shape index (κ3) is 4.89. The van der Waals surface area contributed by atoms with Crippen LogP contribution >= 0.6 is 0 Å². The molecule has 1 N–H and O–H groups in total. The van der Waals surface area contributed by atoms with Gasteiger partial charge in [0.05, 0.1) is 12.3 Å². The predicted molar refractivity (Wildman–Crippen MR) is 73.1 cm³/mol. The third-order valence-electron chi connectivity index (χ3n) is 2.93. The first-order chi connectivity index (χ1) is 8.45. The van der Waals surface area contributed by atoms with E-state index < -0.39 is 5.54 Å². The van der Waals surface area contributed by atoms with Gasteiger partial charge in [0.15, 0.2) is 0 Å². The average molecular weight is 248 g/mol. The summed E-state index contributed by atoms with van der Waals surface area (Å²) in [5, 5.41) is 16.8. The molecule has 1 heterocycles. The molecule has 0 aliphatic rings. The molecule has 0 bridgehead atoms. The molecule has 1 aromatic heterocycles. The number of nitriles is 1. The summed E-state index contributed by atoms with van der Waals surface area (Å²) in [5.74, 6) is 0. The van der Waals surface area contributed by atoms with E-state index in [1.165, 1.54) is 5.56 Å². The minimum atomic E-state index is -0.409. The Bertz CT molecular complexity index is 402. The van der Waals surface area contributed by atoms with Crippen molar-refractivity contribution in [2.75, 3.05) is 0 Å². The Morgan fingerprint density at radius 1 is 1.50 bits per heavy atom. The van der Waals surface area contributed by atoms with Gasteiger partial charge >= 0.3 is 0 Å². The number of hydrogen-bond acceptors (Lipinski definition) is 3. The Kier molecular flexibility index (Phi) is 5.36. The fourth-order valence-electron chi connectivity index (χ4n) is 2.14. The van der Waals surface area contributed by atoms with Gasteiger partial charge in [0, 0.05) is 18.8 Å². The van der Waals surface area contributed by atoms with E-state index in [0.29, 0.717) is 6.04 Å². The van der Waals surface area contributed by atoms with Crippen LogP contribution in [0.4, 0.5) is 0 Å². The summed E-state index contributed by atoms with van der Waals surface area (Å²) in [6.07, 6.45) is 6.89. The van der Waals surface area contributed by atoms with Crippen LogP contribution in [0, 0.1) is 18.3 Å². The molecule has 0 saturated carbocycles. The van der Waals surface area contributed by atoms with Crippen molar-refractivity contribution in [2.45, 2.75) is 65.1 Å². The summed E-state index contributed by atoms with van der Waals surface area (Å²) in [6, 6.07) is 2.72. The lowest BCUT2D eigenvalue weighted by Gasteiger charge is -2.25. The van der Waals surface area contributed by atoms with Crippen LogP contribution in [0.1, 0.15) is 45.6 Å². The molecule has 1 unspecified atom stereocenters. The van der Waals surface area contributed by atoms with Gasteiger partial charge in [-0.25, -0.2) is 0 Å². The first-order valence-corrected chi connectivity index (χ1v) is 6.63. The van der Waals surface area contributed by atoms with E-state index in [1.54, 1.807) is 0 Å². The Morgan fingerprint density at radius 2 is 2.22 bits per heavy atom. The highest BCUT2D eigenvalue weighted by Crippen LogP contribution is 2.14. The topological polar surface area (TPSA) is 53.6 Å². The lowest BCUT2D eigenvalue weighted by molar-refractivity contribution is 0.364. The van der Waals surface area contributed by atoms with Crippen LogP contribution in [0.25, 0.3) is 0 Å². The quantitative estimate of drug-likeness (QED) is 0.755. The molecule has 0 fully saturated rings. The molecular formula is C14H24N4. The van der Waals surface area contributed by atoms with Crippen molar-refractivity contribution in [1.82, 2.24) is 15.1 Å². The molecule has 0 saturated heterocycles. The van der Waals surface area contributed by atoms with Gasteiger partial charge in [0.25, 0.3) is 0 Å². The Hall–Kier alpha value is -1.34. The fourth-order valence-corrected chi connectivity index (χ4v) is 2.14. The number of unbranched alkanes of at least 4 members (excludes halogenated alkanes) is 1. The Balaban J connectivity index is 2.30. The van der Waals surface area contributed by atoms with Gasteiger partial charge in [-0.15, -0.1) is 0 Å². The van der Waals surface area contributed by atoms with Crippen molar-refractivity contribution in [3.05, 3.63) is 18.0 Å². The van der Waals surface area contributed by atoms with E-state index in [0.717, 1.165) is 25.8 Å². The minimum absolute atomic E-state index is 0.336. The minimum Gasteiger partial charge on any atom is -0.297 e. The zero-order valence-corrected chi connectivity index (χ0v) is 11.9. The van der Waals surface area contributed by atoms with Gasteiger partial charge in [0.2, 0.25) is 0 Å². The second-order valence-electron chi connectivity index (χ2n) is 5.48. The zero-order chi connectivity index (χ0) is 13.6. The molecule has 4 nitrogen and oxygen atoms in total. The molecule has 0 aliphatic heterocycles. The number of nitrogens with one attached hydrogen (secondary N) is 1. The highest BCUT2D eigenvalue weighted by molar-refractivity contribution is 5.04. The van der Waals surface area contributed by atoms with E-state index in [9.17, 15) is 5.26 Å². The van der Waals surface area contributed by atoms with Crippen molar-refractivity contribution in [3.63, 3.8) is 0 Å². The molecule has 0 aromatic carbocycles. The second-order valence-corrected chi connectivity index (χ2v) is 5.48. The average Bonchev–Trinajstić information content (AvgIpc) is 2.70. The van der Waals surface area contributed by atoms with Gasteiger partial charge in [-0.3, -0.25) is 10.00 Å². The normalized spacial score (nSPS) is 14.4. The lowest BCUT2D eigenvalue weighted by Crippen LogP contribution is -2.44. The Labute approximate surface area is 110 Å². The number of aromatic nitrogens is 2. The van der Waals surface area contributed by atoms with E-state index in [-0.39, 0.29) is 0 Å². The van der Waals surface area contributed by atoms with Crippen LogP contribution in [-0.2, 0) is 6.54 Å². The van der Waals surface area contributed by atoms with Crippen molar-refractivity contribution in [1.29, 1.82) is 5.26 Å². The van der Waals surface area contributed by atoms with Gasteiger partial charge in [-0.2, -0.15) is 10.4 Å². The summed E-state index contributed by atoms with van der Waals surface area (Å²) < 4.78 is 1.97. The largest absolute Gasteiger partial charge is 0.297 e. The number of rotatable bonds is 7. The number of nitrogens with zero attached hydrogens (tertiary/aromatic N) is 3. The van der Waals surface area contributed by atoms with E-state index in [2.05, 4.69) is 36.5 Å². The zero-order valence-electron chi connectivity index (χ0n) is 11.9. The molecule has 0 spiro atoms. The summed E-state index contributed by atoms with van der Waals surface area (Å²) in [6.45, 7) is 9.09. The molecule has 18 heavy (non-hydrogen) atoms. The second kappa shape index (κ2) is 6.55. The van der Waals surface area contributed by atoms with Gasteiger partial charge in [-0.05, 0) is 52.5 Å². The van der Waals surface area contributed by atoms with Gasteiger partial charge < -0.3 is 0 Å². The highest BCUT2D eigenvalue weighted by atomic mass is 15.3. The monoisotopic (exact) mass is 248 g/mol. The molecule has 4 heteroatoms. The summed E-state index contributed by atoms with van der Waals surface area (Å²) >= 11 is 0. The molecule has 1 aromatic rings. The highest BCUT2D eigenvalue weighted by Gasteiger charge is 2.23. The van der Waals surface area contributed by atoms with Crippen LogP contribution in [0.3, 0.4) is 0 Å². The van der Waals surface area contributed by atoms with Crippen LogP contribution in [-0.4, -0.2) is 21.4 Å². The van der Waals surface area contributed by atoms with Crippen LogP contribution in [0.5, 0.6) is 0 Å². The van der Waals surface area contributed by atoms with Crippen LogP contribution in [0.15, 0.2) is 12.4 Å². The van der Waals surface area contributed by atoms with Crippen LogP contribution < -0.4 is 5.32 Å². The smallest absolute Gasteiger partial charge is 0.104 e. The standard InChI is InChI=1S/C14H24N4/c1-12(2)17-14(4,11-15)7-5-6-8-18-10-13(3)9-16-18/h9-10,12,17H,5-8H2,1-4H3. The van der Waals surface area contributed by atoms with E-state index >= 15 is 0 Å². The number of hydrogen-bond donors (Lipinski definition) is 1. The van der Waals surface area contributed by atoms with Gasteiger partial charge in [0.1, 0.15) is 5.54 Å². The Morgan fingerprint density at radius 3 is 2.72 bits per heavy atom. The van der Waals surface area contributed by atoms with Crippen molar-refractivity contribution in [3.8, 4) is 6.07 Å². The molecule has 0 aliphatic carbocycles. The lowest BCUT2D eigenvalue weighted by atomic mass is 9.95. The summed E-state index contributed by atoms with van der Waals surface area (Å²) in [7, 11) is 0. The maximum absolute atomic E-state index is 9.22. The first kappa shape index (κ1) is 14.7. The SMILES string of the molecule is Cc1cnn(CCCCC(C)(C#N)NC(C)C)c1. The predicted octanol–water partition coefficient (Wildman–Crippen LogP) is 2.64.